The van der Waals surface area contributed by atoms with Gasteiger partial charge in [0.1, 0.15) is 5.75 Å². The van der Waals surface area contributed by atoms with Crippen LogP contribution in [0.5, 0.6) is 5.75 Å². The van der Waals surface area contributed by atoms with Crippen LogP contribution in [-0.2, 0) is 10.0 Å². The third-order valence-corrected chi connectivity index (χ3v) is 4.75. The average Bonchev–Trinajstić information content (AvgIpc) is 2.56. The highest BCUT2D eigenvalue weighted by Crippen LogP contribution is 2.24. The fourth-order valence-electron chi connectivity index (χ4n) is 2.12. The number of ether oxygens (including phenoxy) is 1. The van der Waals surface area contributed by atoms with Crippen LogP contribution in [0.15, 0.2) is 47.4 Å². The van der Waals surface area contributed by atoms with Crippen molar-refractivity contribution in [3.05, 3.63) is 53.6 Å². The van der Waals surface area contributed by atoms with Crippen LogP contribution in [0.4, 0.5) is 5.69 Å². The van der Waals surface area contributed by atoms with Crippen LogP contribution < -0.4 is 14.8 Å². The van der Waals surface area contributed by atoms with Crippen molar-refractivity contribution in [2.24, 2.45) is 0 Å². The number of hydrogen-bond acceptors (Lipinski definition) is 4. The summed E-state index contributed by atoms with van der Waals surface area (Å²) in [5, 5.41) is 2.64. The number of hydrogen-bond donors (Lipinski definition) is 2. The van der Waals surface area contributed by atoms with Crippen LogP contribution in [0.2, 0.25) is 0 Å². The molecule has 0 aliphatic heterocycles. The van der Waals surface area contributed by atoms with E-state index in [1.54, 1.807) is 19.1 Å². The Hall–Kier alpha value is -2.54. The normalized spacial score (nSPS) is 11.0. The van der Waals surface area contributed by atoms with Crippen molar-refractivity contribution in [1.29, 1.82) is 0 Å². The number of aryl methyl sites for hydroxylation is 1. The van der Waals surface area contributed by atoms with Crippen LogP contribution >= 0.6 is 0 Å². The Morgan fingerprint density at radius 1 is 1.12 bits per heavy atom. The molecule has 2 aromatic rings. The molecular formula is C17H20N2O4S. The van der Waals surface area contributed by atoms with Gasteiger partial charge in [-0.1, -0.05) is 17.7 Å². The van der Waals surface area contributed by atoms with Gasteiger partial charge in [0.05, 0.1) is 17.6 Å². The first kappa shape index (κ1) is 17.8. The summed E-state index contributed by atoms with van der Waals surface area (Å²) >= 11 is 0. The lowest BCUT2D eigenvalue weighted by Gasteiger charge is -2.12. The number of benzene rings is 2. The zero-order valence-corrected chi connectivity index (χ0v) is 14.6. The predicted molar refractivity (Wildman–Crippen MR) is 93.0 cm³/mol. The molecule has 0 saturated heterocycles. The Kier molecular flexibility index (Phi) is 5.46. The molecule has 0 heterocycles. The molecule has 0 spiro atoms. The Balaban J connectivity index is 2.37. The first-order chi connectivity index (χ1) is 11.4. The van der Waals surface area contributed by atoms with Gasteiger partial charge in [0.25, 0.3) is 15.9 Å². The highest BCUT2D eigenvalue weighted by molar-refractivity contribution is 7.92. The number of nitrogens with one attached hydrogen (secondary N) is 2. The minimum atomic E-state index is -3.81. The van der Waals surface area contributed by atoms with Gasteiger partial charge in [-0.15, -0.1) is 0 Å². The minimum absolute atomic E-state index is 0.00914. The van der Waals surface area contributed by atoms with Gasteiger partial charge in [0.2, 0.25) is 0 Å². The fourth-order valence-corrected chi connectivity index (χ4v) is 3.21. The number of methoxy groups -OCH3 is 1. The zero-order valence-electron chi connectivity index (χ0n) is 13.8. The summed E-state index contributed by atoms with van der Waals surface area (Å²) in [6, 6.07) is 11.2. The summed E-state index contributed by atoms with van der Waals surface area (Å²) in [6.45, 7) is 4.13. The lowest BCUT2D eigenvalue weighted by molar-refractivity contribution is 0.0952. The maximum Gasteiger partial charge on any atom is 0.261 e. The standard InChI is InChI=1S/C17H20N2O4S/c1-4-18-17(20)15-11-14(9-10-16(15)23-3)24(21,22)19-13-7-5-12(2)6-8-13/h5-11,19H,4H2,1-3H3,(H,18,20). The van der Waals surface area contributed by atoms with Crippen molar-refractivity contribution in [3.8, 4) is 5.75 Å². The Bertz CT molecular complexity index is 830. The van der Waals surface area contributed by atoms with Gasteiger partial charge < -0.3 is 10.1 Å². The first-order valence-electron chi connectivity index (χ1n) is 7.43. The van der Waals surface area contributed by atoms with E-state index in [4.69, 9.17) is 4.74 Å². The summed E-state index contributed by atoms with van der Waals surface area (Å²) in [4.78, 5) is 12.1. The molecule has 0 unspecified atom stereocenters. The molecule has 2 rings (SSSR count). The number of carbonyl (C=O) groups excluding carboxylic acids is 1. The van der Waals surface area contributed by atoms with Crippen molar-refractivity contribution in [2.75, 3.05) is 18.4 Å². The molecule has 7 heteroatoms. The van der Waals surface area contributed by atoms with Gasteiger partial charge in [0.15, 0.2) is 0 Å². The van der Waals surface area contributed by atoms with Gasteiger partial charge in [-0.2, -0.15) is 0 Å². The topological polar surface area (TPSA) is 84.5 Å². The van der Waals surface area contributed by atoms with E-state index in [9.17, 15) is 13.2 Å². The lowest BCUT2D eigenvalue weighted by Crippen LogP contribution is -2.24. The maximum absolute atomic E-state index is 12.5. The van der Waals surface area contributed by atoms with Crippen LogP contribution in [-0.4, -0.2) is 28.0 Å². The van der Waals surface area contributed by atoms with E-state index in [0.717, 1.165) is 5.56 Å². The third kappa shape index (κ3) is 4.05. The molecule has 2 aromatic carbocycles. The number of rotatable bonds is 6. The predicted octanol–water partition coefficient (Wildman–Crippen LogP) is 2.55. The van der Waals surface area contributed by atoms with E-state index >= 15 is 0 Å². The summed E-state index contributed by atoms with van der Waals surface area (Å²) in [7, 11) is -2.38. The van der Waals surface area contributed by atoms with Gasteiger partial charge in [-0.25, -0.2) is 8.42 Å². The summed E-state index contributed by atoms with van der Waals surface area (Å²) in [6.07, 6.45) is 0. The lowest BCUT2D eigenvalue weighted by atomic mass is 10.2. The van der Waals surface area contributed by atoms with Gasteiger partial charge in [0, 0.05) is 12.2 Å². The molecule has 0 radical (unpaired) electrons. The number of sulfonamides is 1. The van der Waals surface area contributed by atoms with Crippen LogP contribution in [0.25, 0.3) is 0 Å². The molecule has 0 saturated carbocycles. The molecule has 24 heavy (non-hydrogen) atoms. The molecule has 6 nitrogen and oxygen atoms in total. The van der Waals surface area contributed by atoms with E-state index in [-0.39, 0.29) is 16.4 Å². The molecule has 0 fully saturated rings. The molecule has 128 valence electrons. The van der Waals surface area contributed by atoms with E-state index < -0.39 is 10.0 Å². The maximum atomic E-state index is 12.5. The van der Waals surface area contributed by atoms with Crippen molar-refractivity contribution in [2.45, 2.75) is 18.7 Å². The van der Waals surface area contributed by atoms with Gasteiger partial charge >= 0.3 is 0 Å². The molecule has 0 aliphatic rings. The van der Waals surface area contributed by atoms with E-state index in [2.05, 4.69) is 10.0 Å². The smallest absolute Gasteiger partial charge is 0.261 e. The first-order valence-corrected chi connectivity index (χ1v) is 8.91. The quantitative estimate of drug-likeness (QED) is 0.840. The summed E-state index contributed by atoms with van der Waals surface area (Å²) < 4.78 is 32.7. The minimum Gasteiger partial charge on any atom is -0.496 e. The molecule has 1 amide bonds. The van der Waals surface area contributed by atoms with Gasteiger partial charge in [-0.3, -0.25) is 9.52 Å². The van der Waals surface area contributed by atoms with Crippen LogP contribution in [0, 0.1) is 6.92 Å². The SMILES string of the molecule is CCNC(=O)c1cc(S(=O)(=O)Nc2ccc(C)cc2)ccc1OC. The van der Waals surface area contributed by atoms with Crippen LogP contribution in [0.1, 0.15) is 22.8 Å². The molecule has 0 atom stereocenters. The second-order valence-electron chi connectivity index (χ2n) is 5.19. The largest absolute Gasteiger partial charge is 0.496 e. The zero-order chi connectivity index (χ0) is 17.7. The van der Waals surface area contributed by atoms with E-state index in [1.165, 1.54) is 25.3 Å². The van der Waals surface area contributed by atoms with Crippen LogP contribution in [0.3, 0.4) is 0 Å². The second kappa shape index (κ2) is 7.35. The van der Waals surface area contributed by atoms with Crippen molar-refractivity contribution in [3.63, 3.8) is 0 Å². The number of anilines is 1. The third-order valence-electron chi connectivity index (χ3n) is 3.37. The monoisotopic (exact) mass is 348 g/mol. The average molecular weight is 348 g/mol. The highest BCUT2D eigenvalue weighted by Gasteiger charge is 2.19. The van der Waals surface area contributed by atoms with E-state index in [0.29, 0.717) is 18.0 Å². The van der Waals surface area contributed by atoms with Crippen molar-refractivity contribution < 1.29 is 17.9 Å². The molecule has 0 aliphatic carbocycles. The molecule has 2 N–H and O–H groups in total. The molecule has 0 bridgehead atoms. The Morgan fingerprint density at radius 3 is 2.38 bits per heavy atom. The summed E-state index contributed by atoms with van der Waals surface area (Å²) in [5.74, 6) is -0.0722. The Morgan fingerprint density at radius 2 is 1.79 bits per heavy atom. The van der Waals surface area contributed by atoms with Gasteiger partial charge in [-0.05, 0) is 44.2 Å². The Labute approximate surface area is 141 Å². The number of carbonyl (C=O) groups is 1. The summed E-state index contributed by atoms with van der Waals surface area (Å²) in [5.41, 5.74) is 1.66. The van der Waals surface area contributed by atoms with Crippen molar-refractivity contribution >= 4 is 21.6 Å². The van der Waals surface area contributed by atoms with E-state index in [1.807, 2.05) is 19.1 Å². The number of amides is 1. The van der Waals surface area contributed by atoms with Crippen molar-refractivity contribution in [1.82, 2.24) is 5.32 Å². The fraction of sp³-hybridized carbons (Fsp3) is 0.235. The highest BCUT2D eigenvalue weighted by atomic mass is 32.2. The molecular weight excluding hydrogens is 328 g/mol. The second-order valence-corrected chi connectivity index (χ2v) is 6.88. The molecule has 0 aromatic heterocycles.